The molecule has 2 aromatic rings. The molecule has 0 aromatic heterocycles. The van der Waals surface area contributed by atoms with Gasteiger partial charge in [-0.1, -0.05) is 65.2 Å². The molecule has 0 radical (unpaired) electrons. The number of carbonyl (C=O) groups excluding carboxylic acids is 1. The Bertz CT molecular complexity index is 1060. The Kier molecular flexibility index (Phi) is 6.81. The third-order valence-corrected chi connectivity index (χ3v) is 7.16. The Morgan fingerprint density at radius 3 is 2.93 bits per heavy atom. The number of amides is 1. The van der Waals surface area contributed by atoms with E-state index in [0.717, 1.165) is 44.2 Å². The number of rotatable bonds is 5. The van der Waals surface area contributed by atoms with E-state index in [2.05, 4.69) is 52.5 Å². The normalized spacial score (nSPS) is 19.8. The van der Waals surface area contributed by atoms with Gasteiger partial charge in [0.15, 0.2) is 0 Å². The first-order chi connectivity index (χ1) is 14.5. The Labute approximate surface area is 194 Å². The summed E-state index contributed by atoms with van der Waals surface area (Å²) in [4.78, 5) is 18.7. The highest BCUT2D eigenvalue weighted by Crippen LogP contribution is 2.44. The largest absolute Gasteiger partial charge is 0.352 e. The van der Waals surface area contributed by atoms with Gasteiger partial charge >= 0.3 is 0 Å². The molecule has 1 aliphatic heterocycles. The van der Waals surface area contributed by atoms with Gasteiger partial charge in [0.2, 0.25) is 0 Å². The van der Waals surface area contributed by atoms with Gasteiger partial charge in [-0.05, 0) is 48.4 Å². The molecule has 2 aliphatic rings. The molecule has 1 N–H and O–H groups in total. The first-order valence-corrected chi connectivity index (χ1v) is 12.1. The number of hydrogen-bond donors (Lipinski definition) is 1. The van der Waals surface area contributed by atoms with Gasteiger partial charge in [-0.25, -0.2) is 0 Å². The van der Waals surface area contributed by atoms with Crippen LogP contribution in [0, 0.1) is 5.92 Å². The number of unbranched alkanes of at least 4 members (excludes halogenated alkanes) is 1. The first kappa shape index (κ1) is 21.4. The van der Waals surface area contributed by atoms with E-state index in [1.165, 1.54) is 0 Å². The average molecular weight is 502 g/mol. The van der Waals surface area contributed by atoms with Crippen molar-refractivity contribution in [3.05, 3.63) is 81.3 Å². The highest BCUT2D eigenvalue weighted by molar-refractivity contribution is 9.10. The third kappa shape index (κ3) is 4.74. The van der Waals surface area contributed by atoms with Crippen LogP contribution in [0.2, 0.25) is 0 Å². The fraction of sp³-hybridized carbons (Fsp3) is 0.250. The van der Waals surface area contributed by atoms with Gasteiger partial charge in [-0.15, -0.1) is 11.8 Å². The van der Waals surface area contributed by atoms with Crippen LogP contribution in [0.15, 0.2) is 80.1 Å². The molecule has 1 amide bonds. The van der Waals surface area contributed by atoms with Crippen LogP contribution in [0.1, 0.15) is 35.7 Å². The summed E-state index contributed by atoms with van der Waals surface area (Å²) < 4.78 is 1.01. The number of hydrogen-bond acceptors (Lipinski definition) is 3. The lowest BCUT2D eigenvalue weighted by atomic mass is 9.90. The van der Waals surface area contributed by atoms with Crippen LogP contribution >= 0.6 is 39.3 Å². The van der Waals surface area contributed by atoms with Crippen molar-refractivity contribution in [2.24, 2.45) is 10.9 Å². The van der Waals surface area contributed by atoms with E-state index in [1.807, 2.05) is 36.4 Å². The lowest BCUT2D eigenvalue weighted by molar-refractivity contribution is 0.0953. The number of allylic oxidation sites excluding steroid dienone is 3. The summed E-state index contributed by atoms with van der Waals surface area (Å²) in [5.74, 6) is 0.0426. The lowest BCUT2D eigenvalue weighted by Crippen LogP contribution is -2.24. The molecular weight excluding hydrogens is 480 g/mol. The van der Waals surface area contributed by atoms with E-state index in [-0.39, 0.29) is 17.1 Å². The topological polar surface area (TPSA) is 41.5 Å². The van der Waals surface area contributed by atoms with Crippen LogP contribution < -0.4 is 5.32 Å². The van der Waals surface area contributed by atoms with E-state index in [9.17, 15) is 4.79 Å². The number of halogens is 2. The molecule has 2 atom stereocenters. The molecule has 1 heterocycles. The highest BCUT2D eigenvalue weighted by Gasteiger charge is 2.31. The molecule has 0 fully saturated rings. The van der Waals surface area contributed by atoms with Gasteiger partial charge in [-0.3, -0.25) is 9.79 Å². The molecule has 6 heteroatoms. The lowest BCUT2D eigenvalue weighted by Gasteiger charge is -2.24. The molecule has 2 aromatic carbocycles. The van der Waals surface area contributed by atoms with Crippen molar-refractivity contribution < 1.29 is 4.79 Å². The monoisotopic (exact) mass is 500 g/mol. The van der Waals surface area contributed by atoms with Crippen LogP contribution in [-0.4, -0.2) is 23.4 Å². The van der Waals surface area contributed by atoms with Crippen LogP contribution in [0.5, 0.6) is 0 Å². The minimum absolute atomic E-state index is 0.0556. The van der Waals surface area contributed by atoms with Crippen molar-refractivity contribution >= 4 is 56.6 Å². The van der Waals surface area contributed by atoms with E-state index in [0.29, 0.717) is 12.1 Å². The second-order valence-corrected chi connectivity index (χ2v) is 9.89. The van der Waals surface area contributed by atoms with Crippen LogP contribution in [-0.2, 0) is 0 Å². The highest BCUT2D eigenvalue weighted by atomic mass is 79.9. The predicted octanol–water partition coefficient (Wildman–Crippen LogP) is 6.88. The Morgan fingerprint density at radius 2 is 2.13 bits per heavy atom. The van der Waals surface area contributed by atoms with E-state index < -0.39 is 0 Å². The first-order valence-electron chi connectivity index (χ1n) is 10.0. The number of nitrogens with zero attached hydrogens (tertiary/aromatic N) is 1. The number of aliphatic imine (C=N–C) groups is 1. The predicted molar refractivity (Wildman–Crippen MR) is 130 cm³/mol. The summed E-state index contributed by atoms with van der Waals surface area (Å²) in [6.45, 7) is 2.80. The molecule has 0 saturated heterocycles. The number of nitrogens with one attached hydrogen (secondary N) is 1. The Balaban J connectivity index is 1.76. The van der Waals surface area contributed by atoms with Gasteiger partial charge in [0.1, 0.15) is 0 Å². The Hall–Kier alpha value is -1.82. The zero-order valence-electron chi connectivity index (χ0n) is 16.6. The van der Waals surface area contributed by atoms with Crippen LogP contribution in [0.4, 0.5) is 5.69 Å². The molecule has 154 valence electrons. The molecule has 0 bridgehead atoms. The fourth-order valence-corrected chi connectivity index (χ4v) is 5.49. The molecule has 3 nitrogen and oxygen atoms in total. The van der Waals surface area contributed by atoms with E-state index in [4.69, 9.17) is 16.6 Å². The molecule has 4 rings (SSSR count). The number of benzene rings is 2. The van der Waals surface area contributed by atoms with E-state index in [1.54, 1.807) is 11.8 Å². The van der Waals surface area contributed by atoms with Gasteiger partial charge in [-0.2, -0.15) is 0 Å². The smallest absolute Gasteiger partial charge is 0.251 e. The molecular formula is C24H22BrClN2OS. The number of carbonyl (C=O) groups is 1. The summed E-state index contributed by atoms with van der Waals surface area (Å²) in [6, 6.07) is 14.0. The summed E-state index contributed by atoms with van der Waals surface area (Å²) in [7, 11) is 0. The summed E-state index contributed by atoms with van der Waals surface area (Å²) in [5, 5.41) is 3.88. The Morgan fingerprint density at radius 1 is 1.27 bits per heavy atom. The third-order valence-electron chi connectivity index (χ3n) is 5.12. The molecule has 0 spiro atoms. The van der Waals surface area contributed by atoms with Gasteiger partial charge in [0.05, 0.1) is 11.4 Å². The molecule has 1 aliphatic carbocycles. The zero-order chi connectivity index (χ0) is 21.1. The SMILES string of the molecule is CCCCNC(=O)c1ccc2c(c1)N=C(c1cccc(Br)c1)C1C=CC(Cl)=CC1S2. The number of fused-ring (bicyclic) bond motifs is 2. The molecule has 30 heavy (non-hydrogen) atoms. The van der Waals surface area contributed by atoms with Gasteiger partial charge in [0.25, 0.3) is 5.91 Å². The summed E-state index contributed by atoms with van der Waals surface area (Å²) in [5.41, 5.74) is 3.50. The van der Waals surface area contributed by atoms with Crippen molar-refractivity contribution in [1.29, 1.82) is 0 Å². The maximum atomic E-state index is 12.6. The van der Waals surface area contributed by atoms with E-state index >= 15 is 0 Å². The summed E-state index contributed by atoms with van der Waals surface area (Å²) in [6.07, 6.45) is 8.18. The van der Waals surface area contributed by atoms with Crippen molar-refractivity contribution in [3.8, 4) is 0 Å². The second-order valence-electron chi connectivity index (χ2n) is 7.32. The van der Waals surface area contributed by atoms with Crippen molar-refractivity contribution in [1.82, 2.24) is 5.32 Å². The minimum atomic E-state index is -0.0556. The average Bonchev–Trinajstić information content (AvgIpc) is 2.89. The van der Waals surface area contributed by atoms with Crippen LogP contribution in [0.25, 0.3) is 0 Å². The minimum Gasteiger partial charge on any atom is -0.352 e. The van der Waals surface area contributed by atoms with Crippen molar-refractivity contribution in [3.63, 3.8) is 0 Å². The maximum absolute atomic E-state index is 12.6. The van der Waals surface area contributed by atoms with Gasteiger partial charge < -0.3 is 5.32 Å². The quantitative estimate of drug-likeness (QED) is 0.454. The summed E-state index contributed by atoms with van der Waals surface area (Å²) >= 11 is 11.6. The molecule has 0 saturated carbocycles. The van der Waals surface area contributed by atoms with Crippen LogP contribution in [0.3, 0.4) is 0 Å². The fourth-order valence-electron chi connectivity index (χ4n) is 3.56. The molecule has 2 unspecified atom stereocenters. The standard InChI is InChI=1S/C24H22BrClN2OS/c1-2-3-11-27-24(29)16-7-10-21-20(13-16)28-23(15-5-4-6-17(25)12-15)19-9-8-18(26)14-22(19)30-21/h4-10,12-14,19,22H,2-3,11H2,1H3,(H,27,29). The number of thioether (sulfide) groups is 1. The zero-order valence-corrected chi connectivity index (χ0v) is 19.7. The maximum Gasteiger partial charge on any atom is 0.251 e. The van der Waals surface area contributed by atoms with Crippen molar-refractivity contribution in [2.45, 2.75) is 29.9 Å². The van der Waals surface area contributed by atoms with Crippen molar-refractivity contribution in [2.75, 3.05) is 6.54 Å². The van der Waals surface area contributed by atoms with Gasteiger partial charge in [0, 0.05) is 37.7 Å². The second kappa shape index (κ2) is 9.54.